The SMILES string of the molecule is CC1NC(C#N)C(O)C1O. The maximum absolute atomic E-state index is 9.10. The van der Waals surface area contributed by atoms with Crippen molar-refractivity contribution in [3.8, 4) is 6.07 Å². The Hall–Kier alpha value is -0.630. The molecule has 1 fully saturated rings. The van der Waals surface area contributed by atoms with E-state index in [2.05, 4.69) is 5.32 Å². The van der Waals surface area contributed by atoms with Crippen LogP contribution in [0.3, 0.4) is 0 Å². The molecule has 0 aromatic carbocycles. The molecule has 0 amide bonds. The van der Waals surface area contributed by atoms with Gasteiger partial charge in [-0.25, -0.2) is 0 Å². The van der Waals surface area contributed by atoms with Crippen molar-refractivity contribution in [2.45, 2.75) is 31.2 Å². The Morgan fingerprint density at radius 1 is 1.40 bits per heavy atom. The Morgan fingerprint density at radius 3 is 2.20 bits per heavy atom. The van der Waals surface area contributed by atoms with Gasteiger partial charge < -0.3 is 10.2 Å². The Bertz CT molecular complexity index is 166. The van der Waals surface area contributed by atoms with E-state index in [9.17, 15) is 0 Å². The standard InChI is InChI=1S/C6H10N2O2/c1-3-5(9)6(10)4(2-7)8-3/h3-6,8-10H,1H3. The summed E-state index contributed by atoms with van der Waals surface area (Å²) in [4.78, 5) is 0. The molecule has 1 aliphatic heterocycles. The second-order valence-electron chi connectivity index (χ2n) is 2.54. The van der Waals surface area contributed by atoms with Gasteiger partial charge in [-0.15, -0.1) is 0 Å². The van der Waals surface area contributed by atoms with E-state index < -0.39 is 18.2 Å². The predicted molar refractivity (Wildman–Crippen MR) is 34.0 cm³/mol. The topological polar surface area (TPSA) is 76.3 Å². The van der Waals surface area contributed by atoms with Crippen LogP contribution in [0, 0.1) is 11.3 Å². The quantitative estimate of drug-likeness (QED) is 0.388. The van der Waals surface area contributed by atoms with Crippen molar-refractivity contribution in [1.29, 1.82) is 5.26 Å². The van der Waals surface area contributed by atoms with Crippen LogP contribution >= 0.6 is 0 Å². The van der Waals surface area contributed by atoms with Gasteiger partial charge in [0.1, 0.15) is 12.1 Å². The van der Waals surface area contributed by atoms with Gasteiger partial charge in [0, 0.05) is 6.04 Å². The second-order valence-corrected chi connectivity index (χ2v) is 2.54. The number of nitriles is 1. The second kappa shape index (κ2) is 2.54. The first-order valence-corrected chi connectivity index (χ1v) is 3.18. The van der Waals surface area contributed by atoms with Gasteiger partial charge in [0.05, 0.1) is 12.2 Å². The summed E-state index contributed by atoms with van der Waals surface area (Å²) in [5.41, 5.74) is 0. The van der Waals surface area contributed by atoms with Crippen LogP contribution in [0.25, 0.3) is 0 Å². The molecule has 0 aromatic rings. The van der Waals surface area contributed by atoms with E-state index in [4.69, 9.17) is 15.5 Å². The number of nitrogens with zero attached hydrogens (tertiary/aromatic N) is 1. The first-order valence-electron chi connectivity index (χ1n) is 3.18. The fraction of sp³-hybridized carbons (Fsp3) is 0.833. The maximum Gasteiger partial charge on any atom is 0.124 e. The molecule has 10 heavy (non-hydrogen) atoms. The fourth-order valence-electron chi connectivity index (χ4n) is 1.09. The van der Waals surface area contributed by atoms with Crippen molar-refractivity contribution in [3.05, 3.63) is 0 Å². The summed E-state index contributed by atoms with van der Waals surface area (Å²) in [6.07, 6.45) is -1.76. The van der Waals surface area contributed by atoms with Crippen LogP contribution < -0.4 is 5.32 Å². The number of hydrogen-bond acceptors (Lipinski definition) is 4. The van der Waals surface area contributed by atoms with Gasteiger partial charge in [-0.05, 0) is 6.92 Å². The number of nitrogens with one attached hydrogen (secondary N) is 1. The summed E-state index contributed by atoms with van der Waals surface area (Å²) in [5, 5.41) is 29.3. The zero-order chi connectivity index (χ0) is 7.72. The lowest BCUT2D eigenvalue weighted by atomic mass is 10.1. The Labute approximate surface area is 59.1 Å². The summed E-state index contributed by atoms with van der Waals surface area (Å²) in [7, 11) is 0. The average Bonchev–Trinajstić information content (AvgIpc) is 2.17. The molecule has 0 saturated carbocycles. The van der Waals surface area contributed by atoms with Crippen molar-refractivity contribution < 1.29 is 10.2 Å². The highest BCUT2D eigenvalue weighted by molar-refractivity contribution is 5.06. The van der Waals surface area contributed by atoms with E-state index >= 15 is 0 Å². The molecule has 0 aliphatic carbocycles. The van der Waals surface area contributed by atoms with Crippen LogP contribution in [-0.2, 0) is 0 Å². The molecular formula is C6H10N2O2. The van der Waals surface area contributed by atoms with Crippen LogP contribution in [0.2, 0.25) is 0 Å². The Kier molecular flexibility index (Phi) is 1.90. The monoisotopic (exact) mass is 142 g/mol. The predicted octanol–water partition coefficient (Wildman–Crippen LogP) is -1.41. The molecule has 0 bridgehead atoms. The third-order valence-electron chi connectivity index (χ3n) is 1.79. The van der Waals surface area contributed by atoms with Gasteiger partial charge in [-0.2, -0.15) is 5.26 Å². The molecule has 0 radical (unpaired) electrons. The Balaban J connectivity index is 2.64. The molecule has 0 spiro atoms. The summed E-state index contributed by atoms with van der Waals surface area (Å²) in [6.45, 7) is 1.73. The summed E-state index contributed by atoms with van der Waals surface area (Å²) in [6, 6.07) is 1.04. The van der Waals surface area contributed by atoms with Crippen molar-refractivity contribution in [2.24, 2.45) is 0 Å². The van der Waals surface area contributed by atoms with E-state index in [1.165, 1.54) is 0 Å². The largest absolute Gasteiger partial charge is 0.389 e. The molecule has 4 nitrogen and oxygen atoms in total. The van der Waals surface area contributed by atoms with Crippen molar-refractivity contribution in [3.63, 3.8) is 0 Å². The minimum atomic E-state index is -0.944. The molecular weight excluding hydrogens is 132 g/mol. The molecule has 4 heteroatoms. The van der Waals surface area contributed by atoms with E-state index in [1.807, 2.05) is 6.07 Å². The van der Waals surface area contributed by atoms with E-state index in [-0.39, 0.29) is 6.04 Å². The Morgan fingerprint density at radius 2 is 2.00 bits per heavy atom. The summed E-state index contributed by atoms with van der Waals surface area (Å²) >= 11 is 0. The molecule has 0 aromatic heterocycles. The number of hydrogen-bond donors (Lipinski definition) is 3. The highest BCUT2D eigenvalue weighted by Crippen LogP contribution is 2.12. The van der Waals surface area contributed by atoms with Crippen LogP contribution in [-0.4, -0.2) is 34.5 Å². The third-order valence-corrected chi connectivity index (χ3v) is 1.79. The van der Waals surface area contributed by atoms with Crippen LogP contribution in [0.15, 0.2) is 0 Å². The van der Waals surface area contributed by atoms with E-state index in [0.29, 0.717) is 0 Å². The lowest BCUT2D eigenvalue weighted by Crippen LogP contribution is -2.31. The molecule has 4 unspecified atom stereocenters. The molecule has 1 heterocycles. The van der Waals surface area contributed by atoms with E-state index in [0.717, 1.165) is 0 Å². The normalized spacial score (nSPS) is 47.0. The van der Waals surface area contributed by atoms with Crippen LogP contribution in [0.5, 0.6) is 0 Å². The van der Waals surface area contributed by atoms with Crippen molar-refractivity contribution in [2.75, 3.05) is 0 Å². The van der Waals surface area contributed by atoms with Crippen LogP contribution in [0.1, 0.15) is 6.92 Å². The maximum atomic E-state index is 9.10. The van der Waals surface area contributed by atoms with Gasteiger partial charge in [-0.1, -0.05) is 0 Å². The molecule has 1 aliphatic rings. The molecule has 4 atom stereocenters. The number of rotatable bonds is 0. The highest BCUT2D eigenvalue weighted by Gasteiger charge is 2.38. The minimum absolute atomic E-state index is 0.195. The van der Waals surface area contributed by atoms with Gasteiger partial charge in [-0.3, -0.25) is 5.32 Å². The first-order chi connectivity index (χ1) is 4.66. The van der Waals surface area contributed by atoms with Gasteiger partial charge in [0.2, 0.25) is 0 Å². The van der Waals surface area contributed by atoms with Gasteiger partial charge >= 0.3 is 0 Å². The summed E-state index contributed by atoms with van der Waals surface area (Å²) < 4.78 is 0. The minimum Gasteiger partial charge on any atom is -0.389 e. The van der Waals surface area contributed by atoms with Crippen LogP contribution in [0.4, 0.5) is 0 Å². The molecule has 56 valence electrons. The molecule has 1 rings (SSSR count). The van der Waals surface area contributed by atoms with Crippen molar-refractivity contribution in [1.82, 2.24) is 5.32 Å². The summed E-state index contributed by atoms with van der Waals surface area (Å²) in [5.74, 6) is 0. The number of aliphatic hydroxyl groups is 2. The first kappa shape index (κ1) is 7.48. The lowest BCUT2D eigenvalue weighted by Gasteiger charge is -2.09. The molecule has 1 saturated heterocycles. The van der Waals surface area contributed by atoms with Crippen molar-refractivity contribution >= 4 is 0 Å². The van der Waals surface area contributed by atoms with E-state index in [1.54, 1.807) is 6.92 Å². The third kappa shape index (κ3) is 0.991. The van der Waals surface area contributed by atoms with Gasteiger partial charge in [0.25, 0.3) is 0 Å². The fourth-order valence-corrected chi connectivity index (χ4v) is 1.09. The van der Waals surface area contributed by atoms with Gasteiger partial charge in [0.15, 0.2) is 0 Å². The number of aliphatic hydroxyl groups excluding tert-OH is 2. The lowest BCUT2D eigenvalue weighted by molar-refractivity contribution is 0.0367. The zero-order valence-corrected chi connectivity index (χ0v) is 5.65. The average molecular weight is 142 g/mol. The molecule has 3 N–H and O–H groups in total. The highest BCUT2D eigenvalue weighted by atomic mass is 16.3. The zero-order valence-electron chi connectivity index (χ0n) is 5.65. The smallest absolute Gasteiger partial charge is 0.124 e.